The number of halogens is 1. The minimum atomic E-state index is -0.370. The number of hydrogen-bond acceptors (Lipinski definition) is 5. The molecule has 32 heavy (non-hydrogen) atoms. The number of aryl methyl sites for hydroxylation is 1. The number of aromatic nitrogens is 3. The van der Waals surface area contributed by atoms with Crippen molar-refractivity contribution in [2.75, 3.05) is 6.61 Å². The molecular weight excluding hydrogens is 426 g/mol. The molecule has 0 saturated heterocycles. The van der Waals surface area contributed by atoms with Crippen LogP contribution in [0.4, 0.5) is 0 Å². The number of rotatable bonds is 5. The molecular formula is C24H20ClN5O2. The summed E-state index contributed by atoms with van der Waals surface area (Å²) >= 11 is 5.95. The number of fused-ring (bicyclic) bond motifs is 2. The van der Waals surface area contributed by atoms with Crippen LogP contribution in [0.25, 0.3) is 10.9 Å². The van der Waals surface area contributed by atoms with Gasteiger partial charge >= 0.3 is 0 Å². The molecule has 3 N–H and O–H groups in total. The molecule has 1 atom stereocenters. The van der Waals surface area contributed by atoms with Crippen molar-refractivity contribution in [2.24, 2.45) is 5.73 Å². The molecule has 0 aliphatic carbocycles. The van der Waals surface area contributed by atoms with E-state index in [1.54, 1.807) is 12.1 Å². The van der Waals surface area contributed by atoms with Crippen molar-refractivity contribution in [1.29, 1.82) is 5.26 Å². The molecule has 4 aromatic rings. The Hall–Kier alpha value is -3.89. The van der Waals surface area contributed by atoms with Crippen LogP contribution in [-0.4, -0.2) is 21.4 Å². The van der Waals surface area contributed by atoms with Gasteiger partial charge in [-0.3, -0.25) is 5.10 Å². The molecule has 2 aromatic carbocycles. The standard InChI is InChI=1S/C24H20ClN5O2/c1-14-21-22(18(12-26)23(27)32-24(21)29-28-14)19-13-30(20-5-3-2-4-17(19)20)10-11-31-16-8-6-15(25)7-9-16/h2-9,13,22H,10-11,27H2,1H3,(H,28,29). The highest BCUT2D eigenvalue weighted by Gasteiger charge is 2.35. The van der Waals surface area contributed by atoms with Gasteiger partial charge in [0.2, 0.25) is 11.8 Å². The van der Waals surface area contributed by atoms with E-state index in [2.05, 4.69) is 39.2 Å². The zero-order chi connectivity index (χ0) is 22.2. The molecule has 0 amide bonds. The molecule has 0 saturated carbocycles. The Morgan fingerprint density at radius 2 is 2.03 bits per heavy atom. The topological polar surface area (TPSA) is 102 Å². The van der Waals surface area contributed by atoms with Gasteiger partial charge in [0.05, 0.1) is 12.5 Å². The summed E-state index contributed by atoms with van der Waals surface area (Å²) in [6.45, 7) is 3.02. The first-order chi connectivity index (χ1) is 15.6. The number of nitrogens with one attached hydrogen (secondary N) is 1. The smallest absolute Gasteiger partial charge is 0.244 e. The molecule has 5 rings (SSSR count). The third-order valence-corrected chi connectivity index (χ3v) is 5.93. The van der Waals surface area contributed by atoms with Gasteiger partial charge < -0.3 is 19.8 Å². The molecule has 0 fully saturated rings. The number of ether oxygens (including phenoxy) is 2. The van der Waals surface area contributed by atoms with E-state index < -0.39 is 0 Å². The van der Waals surface area contributed by atoms with Gasteiger partial charge in [-0.05, 0) is 42.8 Å². The number of para-hydroxylation sites is 1. The normalized spacial score (nSPS) is 15.3. The lowest BCUT2D eigenvalue weighted by Gasteiger charge is -2.23. The Labute approximate surface area is 189 Å². The summed E-state index contributed by atoms with van der Waals surface area (Å²) in [6.07, 6.45) is 2.06. The lowest BCUT2D eigenvalue weighted by molar-refractivity contribution is 0.300. The first-order valence-electron chi connectivity index (χ1n) is 10.2. The van der Waals surface area contributed by atoms with Gasteiger partial charge in [0.1, 0.15) is 24.0 Å². The maximum absolute atomic E-state index is 9.88. The first kappa shape index (κ1) is 20.0. The van der Waals surface area contributed by atoms with Crippen LogP contribution in [0.2, 0.25) is 5.02 Å². The molecule has 1 aliphatic heterocycles. The lowest BCUT2D eigenvalue weighted by Crippen LogP contribution is -2.21. The quantitative estimate of drug-likeness (QED) is 0.466. The molecule has 1 aliphatic rings. The van der Waals surface area contributed by atoms with Crippen molar-refractivity contribution in [3.63, 3.8) is 0 Å². The van der Waals surface area contributed by atoms with Crippen LogP contribution in [0.1, 0.15) is 22.7 Å². The van der Waals surface area contributed by atoms with Crippen LogP contribution < -0.4 is 15.2 Å². The highest BCUT2D eigenvalue weighted by atomic mass is 35.5. The van der Waals surface area contributed by atoms with Crippen LogP contribution in [0, 0.1) is 18.3 Å². The second-order valence-electron chi connectivity index (χ2n) is 7.59. The van der Waals surface area contributed by atoms with Crippen molar-refractivity contribution < 1.29 is 9.47 Å². The fourth-order valence-electron chi connectivity index (χ4n) is 4.19. The number of allylic oxidation sites excluding steroid dienone is 1. The summed E-state index contributed by atoms with van der Waals surface area (Å²) < 4.78 is 13.6. The summed E-state index contributed by atoms with van der Waals surface area (Å²) in [7, 11) is 0. The lowest BCUT2D eigenvalue weighted by atomic mass is 9.84. The molecule has 0 spiro atoms. The fraction of sp³-hybridized carbons (Fsp3) is 0.167. The zero-order valence-electron chi connectivity index (χ0n) is 17.3. The molecule has 3 heterocycles. The van der Waals surface area contributed by atoms with E-state index in [0.717, 1.165) is 33.5 Å². The minimum Gasteiger partial charge on any atom is -0.492 e. The maximum atomic E-state index is 9.88. The van der Waals surface area contributed by atoms with E-state index in [9.17, 15) is 5.26 Å². The summed E-state index contributed by atoms with van der Waals surface area (Å²) in [5.41, 5.74) is 10.2. The van der Waals surface area contributed by atoms with Gasteiger partial charge in [-0.15, -0.1) is 5.10 Å². The first-order valence-corrected chi connectivity index (χ1v) is 10.5. The van der Waals surface area contributed by atoms with Crippen LogP contribution in [-0.2, 0) is 6.54 Å². The maximum Gasteiger partial charge on any atom is 0.244 e. The Balaban J connectivity index is 1.53. The van der Waals surface area contributed by atoms with Crippen molar-refractivity contribution in [2.45, 2.75) is 19.4 Å². The average molecular weight is 446 g/mol. The van der Waals surface area contributed by atoms with E-state index in [4.69, 9.17) is 26.8 Å². The Bertz CT molecular complexity index is 1380. The minimum absolute atomic E-state index is 0.0828. The van der Waals surface area contributed by atoms with Gasteiger partial charge in [-0.1, -0.05) is 29.8 Å². The predicted molar refractivity (Wildman–Crippen MR) is 122 cm³/mol. The molecule has 2 aromatic heterocycles. The van der Waals surface area contributed by atoms with Gasteiger partial charge in [-0.25, -0.2) is 0 Å². The van der Waals surface area contributed by atoms with Crippen molar-refractivity contribution in [3.8, 4) is 17.7 Å². The molecule has 0 bridgehead atoms. The van der Waals surface area contributed by atoms with Crippen molar-refractivity contribution >= 4 is 22.5 Å². The summed E-state index contributed by atoms with van der Waals surface area (Å²) in [5, 5.41) is 18.8. The number of hydrogen-bond donors (Lipinski definition) is 2. The van der Waals surface area contributed by atoms with Crippen LogP contribution in [0.15, 0.2) is 66.2 Å². The second-order valence-corrected chi connectivity index (χ2v) is 8.03. The highest BCUT2D eigenvalue weighted by molar-refractivity contribution is 6.30. The number of H-pyrrole nitrogens is 1. The third-order valence-electron chi connectivity index (χ3n) is 5.67. The molecule has 0 radical (unpaired) electrons. The molecule has 160 valence electrons. The summed E-state index contributed by atoms with van der Waals surface area (Å²) in [6, 6.07) is 17.6. The predicted octanol–water partition coefficient (Wildman–Crippen LogP) is 4.62. The van der Waals surface area contributed by atoms with E-state index >= 15 is 0 Å². The Morgan fingerprint density at radius 3 is 2.81 bits per heavy atom. The summed E-state index contributed by atoms with van der Waals surface area (Å²) in [5.74, 6) is 0.883. The van der Waals surface area contributed by atoms with E-state index in [0.29, 0.717) is 29.6 Å². The number of nitrogens with two attached hydrogens (primary N) is 1. The van der Waals surface area contributed by atoms with E-state index in [1.807, 2.05) is 31.2 Å². The van der Waals surface area contributed by atoms with Crippen LogP contribution >= 0.6 is 11.6 Å². The number of aromatic amines is 1. The number of nitrogens with zero attached hydrogens (tertiary/aromatic N) is 3. The SMILES string of the molecule is Cc1[nH]nc2c1C(c1cn(CCOc3ccc(Cl)cc3)c3ccccc13)C(C#N)=C(N)O2. The van der Waals surface area contributed by atoms with Gasteiger partial charge in [0.25, 0.3) is 0 Å². The van der Waals surface area contributed by atoms with E-state index in [1.165, 1.54) is 0 Å². The van der Waals surface area contributed by atoms with Gasteiger partial charge in [0, 0.05) is 33.4 Å². The highest BCUT2D eigenvalue weighted by Crippen LogP contribution is 2.45. The van der Waals surface area contributed by atoms with Gasteiger partial charge in [-0.2, -0.15) is 5.26 Å². The molecule has 1 unspecified atom stereocenters. The molecule has 7 nitrogen and oxygen atoms in total. The number of nitriles is 1. The largest absolute Gasteiger partial charge is 0.492 e. The third kappa shape index (κ3) is 3.35. The zero-order valence-corrected chi connectivity index (χ0v) is 18.1. The van der Waals surface area contributed by atoms with Crippen LogP contribution in [0.3, 0.4) is 0 Å². The molecule has 8 heteroatoms. The van der Waals surface area contributed by atoms with Gasteiger partial charge in [0.15, 0.2) is 0 Å². The Morgan fingerprint density at radius 1 is 1.25 bits per heavy atom. The van der Waals surface area contributed by atoms with Crippen LogP contribution in [0.5, 0.6) is 11.6 Å². The second kappa shape index (κ2) is 7.98. The number of benzene rings is 2. The fourth-order valence-corrected chi connectivity index (χ4v) is 4.32. The van der Waals surface area contributed by atoms with Crippen molar-refractivity contribution in [3.05, 3.63) is 88.0 Å². The Kier molecular flexibility index (Phi) is 5.00. The monoisotopic (exact) mass is 445 g/mol. The average Bonchev–Trinajstić information content (AvgIpc) is 3.35. The summed E-state index contributed by atoms with van der Waals surface area (Å²) in [4.78, 5) is 0. The van der Waals surface area contributed by atoms with Crippen molar-refractivity contribution in [1.82, 2.24) is 14.8 Å². The van der Waals surface area contributed by atoms with E-state index in [-0.39, 0.29) is 11.8 Å².